The number of thioether (sulfide) groups is 1. The highest BCUT2D eigenvalue weighted by molar-refractivity contribution is 8.02. The minimum atomic E-state index is -0.718. The molecule has 0 saturated carbocycles. The second-order valence-corrected chi connectivity index (χ2v) is 3.64. The van der Waals surface area contributed by atoms with E-state index in [0.29, 0.717) is 18.1 Å². The second-order valence-electron chi connectivity index (χ2n) is 2.84. The SMILES string of the molecule is C=CCN(CC=C)/C(SC)=C(/C#N)C(N)=O. The van der Waals surface area contributed by atoms with E-state index in [1.807, 2.05) is 11.0 Å². The smallest absolute Gasteiger partial charge is 0.262 e. The van der Waals surface area contributed by atoms with Crippen LogP contribution < -0.4 is 5.73 Å². The lowest BCUT2D eigenvalue weighted by molar-refractivity contribution is -0.114. The molecule has 0 aromatic rings. The molecular formula is C11H15N3OS. The van der Waals surface area contributed by atoms with Crippen LogP contribution in [0.1, 0.15) is 0 Å². The largest absolute Gasteiger partial charge is 0.365 e. The fourth-order valence-electron chi connectivity index (χ4n) is 1.15. The Balaban J connectivity index is 5.33. The van der Waals surface area contributed by atoms with Crippen LogP contribution in [0, 0.1) is 11.3 Å². The van der Waals surface area contributed by atoms with Crippen LogP contribution in [-0.2, 0) is 4.79 Å². The molecule has 16 heavy (non-hydrogen) atoms. The molecule has 0 aliphatic carbocycles. The van der Waals surface area contributed by atoms with Crippen LogP contribution in [0.5, 0.6) is 0 Å². The number of amides is 1. The molecule has 4 nitrogen and oxygen atoms in total. The molecule has 0 aliphatic rings. The topological polar surface area (TPSA) is 70.1 Å². The van der Waals surface area contributed by atoms with Crippen molar-refractivity contribution in [2.24, 2.45) is 5.73 Å². The van der Waals surface area contributed by atoms with E-state index in [-0.39, 0.29) is 5.57 Å². The first kappa shape index (κ1) is 14.3. The lowest BCUT2D eigenvalue weighted by Crippen LogP contribution is -2.26. The van der Waals surface area contributed by atoms with Crippen molar-refractivity contribution < 1.29 is 4.79 Å². The number of carbonyl (C=O) groups excluding carboxylic acids is 1. The molecule has 0 aromatic carbocycles. The normalized spacial score (nSPS) is 11.0. The van der Waals surface area contributed by atoms with Crippen LogP contribution in [0.2, 0.25) is 0 Å². The van der Waals surface area contributed by atoms with Crippen LogP contribution in [0.4, 0.5) is 0 Å². The van der Waals surface area contributed by atoms with Gasteiger partial charge in [0.25, 0.3) is 5.91 Å². The number of nitrogens with zero attached hydrogens (tertiary/aromatic N) is 2. The van der Waals surface area contributed by atoms with Gasteiger partial charge in [0, 0.05) is 13.1 Å². The van der Waals surface area contributed by atoms with Gasteiger partial charge in [-0.1, -0.05) is 12.2 Å². The first-order chi connectivity index (χ1) is 7.62. The molecule has 86 valence electrons. The zero-order valence-electron chi connectivity index (χ0n) is 9.27. The summed E-state index contributed by atoms with van der Waals surface area (Å²) in [7, 11) is 0. The van der Waals surface area contributed by atoms with E-state index in [1.54, 1.807) is 18.4 Å². The van der Waals surface area contributed by atoms with Gasteiger partial charge in [-0.2, -0.15) is 5.26 Å². The van der Waals surface area contributed by atoms with E-state index in [4.69, 9.17) is 11.0 Å². The second kappa shape index (κ2) is 7.60. The van der Waals surface area contributed by atoms with Gasteiger partial charge in [-0.05, 0) is 6.26 Å². The van der Waals surface area contributed by atoms with E-state index >= 15 is 0 Å². The van der Waals surface area contributed by atoms with Crippen LogP contribution in [0.25, 0.3) is 0 Å². The number of rotatable bonds is 7. The van der Waals surface area contributed by atoms with Crippen LogP contribution in [-0.4, -0.2) is 30.2 Å². The predicted octanol–water partition coefficient (Wildman–Crippen LogP) is 1.24. The van der Waals surface area contributed by atoms with Crippen LogP contribution in [0.3, 0.4) is 0 Å². The lowest BCUT2D eigenvalue weighted by Gasteiger charge is -2.23. The zero-order chi connectivity index (χ0) is 12.6. The molecular weight excluding hydrogens is 222 g/mol. The summed E-state index contributed by atoms with van der Waals surface area (Å²) >= 11 is 1.31. The maximum atomic E-state index is 11.1. The van der Waals surface area contributed by atoms with Crippen LogP contribution >= 0.6 is 11.8 Å². The van der Waals surface area contributed by atoms with Gasteiger partial charge in [0.15, 0.2) is 0 Å². The molecule has 2 N–H and O–H groups in total. The van der Waals surface area contributed by atoms with Gasteiger partial charge in [-0.25, -0.2) is 0 Å². The Hall–Kier alpha value is -1.67. The Morgan fingerprint density at radius 1 is 1.50 bits per heavy atom. The average molecular weight is 237 g/mol. The highest BCUT2D eigenvalue weighted by Gasteiger charge is 2.16. The van der Waals surface area contributed by atoms with Gasteiger partial charge in [-0.3, -0.25) is 4.79 Å². The number of hydrogen-bond donors (Lipinski definition) is 1. The van der Waals surface area contributed by atoms with Crippen molar-refractivity contribution in [3.05, 3.63) is 35.9 Å². The van der Waals surface area contributed by atoms with Crippen LogP contribution in [0.15, 0.2) is 35.9 Å². The summed E-state index contributed by atoms with van der Waals surface area (Å²) < 4.78 is 0. The number of primary amides is 1. The third kappa shape index (κ3) is 3.83. The van der Waals surface area contributed by atoms with E-state index in [0.717, 1.165) is 0 Å². The molecule has 0 bridgehead atoms. The fraction of sp³-hybridized carbons (Fsp3) is 0.273. The molecule has 0 heterocycles. The van der Waals surface area contributed by atoms with Crippen molar-refractivity contribution in [3.63, 3.8) is 0 Å². The summed E-state index contributed by atoms with van der Waals surface area (Å²) in [5.74, 6) is -0.718. The fourth-order valence-corrected chi connectivity index (χ4v) is 1.91. The highest BCUT2D eigenvalue weighted by atomic mass is 32.2. The van der Waals surface area contributed by atoms with Crippen molar-refractivity contribution in [1.29, 1.82) is 5.26 Å². The van der Waals surface area contributed by atoms with E-state index in [2.05, 4.69) is 13.2 Å². The van der Waals surface area contributed by atoms with Crippen molar-refractivity contribution in [2.75, 3.05) is 19.3 Å². The molecule has 1 amide bonds. The predicted molar refractivity (Wildman–Crippen MR) is 67.3 cm³/mol. The maximum Gasteiger partial charge on any atom is 0.262 e. The quantitative estimate of drug-likeness (QED) is 0.411. The Morgan fingerprint density at radius 3 is 2.25 bits per heavy atom. The van der Waals surface area contributed by atoms with Crippen molar-refractivity contribution in [3.8, 4) is 6.07 Å². The Bertz CT molecular complexity index is 345. The standard InChI is InChI=1S/C11H15N3OS/c1-4-6-14(7-5-2)11(16-3)9(8-12)10(13)15/h4-5H,1-2,6-7H2,3H3,(H2,13,15)/b11-9+. The summed E-state index contributed by atoms with van der Waals surface area (Å²) in [6.07, 6.45) is 5.17. The van der Waals surface area contributed by atoms with E-state index < -0.39 is 5.91 Å². The highest BCUT2D eigenvalue weighted by Crippen LogP contribution is 2.21. The number of nitriles is 1. The van der Waals surface area contributed by atoms with Gasteiger partial charge in [0.05, 0.1) is 5.03 Å². The molecule has 0 aliphatic heterocycles. The van der Waals surface area contributed by atoms with E-state index in [1.165, 1.54) is 11.8 Å². The summed E-state index contributed by atoms with van der Waals surface area (Å²) in [6, 6.07) is 1.82. The maximum absolute atomic E-state index is 11.1. The van der Waals surface area contributed by atoms with Gasteiger partial charge in [0.1, 0.15) is 11.6 Å². The number of carbonyl (C=O) groups is 1. The Kier molecular flexibility index (Phi) is 6.81. The Labute approximate surface area is 100 Å². The molecule has 0 unspecified atom stereocenters. The molecule has 5 heteroatoms. The minimum absolute atomic E-state index is 0.0313. The summed E-state index contributed by atoms with van der Waals surface area (Å²) in [4.78, 5) is 12.9. The van der Waals surface area contributed by atoms with Crippen molar-refractivity contribution in [2.45, 2.75) is 0 Å². The third-order valence-corrected chi connectivity index (χ3v) is 2.60. The zero-order valence-corrected chi connectivity index (χ0v) is 10.1. The Morgan fingerprint density at radius 2 is 2.00 bits per heavy atom. The molecule has 0 radical (unpaired) electrons. The minimum Gasteiger partial charge on any atom is -0.365 e. The van der Waals surface area contributed by atoms with Gasteiger partial charge in [-0.15, -0.1) is 24.9 Å². The number of hydrogen-bond acceptors (Lipinski definition) is 4. The van der Waals surface area contributed by atoms with E-state index in [9.17, 15) is 4.79 Å². The molecule has 0 aromatic heterocycles. The molecule has 0 atom stereocenters. The van der Waals surface area contributed by atoms with Gasteiger partial charge < -0.3 is 10.6 Å². The van der Waals surface area contributed by atoms with Gasteiger partial charge in [0.2, 0.25) is 0 Å². The summed E-state index contributed by atoms with van der Waals surface area (Å²) in [5.41, 5.74) is 5.11. The number of nitrogens with two attached hydrogens (primary N) is 1. The third-order valence-electron chi connectivity index (χ3n) is 1.75. The van der Waals surface area contributed by atoms with Gasteiger partial charge >= 0.3 is 0 Å². The first-order valence-electron chi connectivity index (χ1n) is 4.57. The summed E-state index contributed by atoms with van der Waals surface area (Å²) in [5, 5.41) is 9.43. The molecule has 0 fully saturated rings. The summed E-state index contributed by atoms with van der Waals surface area (Å²) in [6.45, 7) is 8.30. The molecule has 0 rings (SSSR count). The van der Waals surface area contributed by atoms with Crippen molar-refractivity contribution in [1.82, 2.24) is 4.90 Å². The lowest BCUT2D eigenvalue weighted by atomic mass is 10.3. The first-order valence-corrected chi connectivity index (χ1v) is 5.79. The molecule has 0 saturated heterocycles. The molecule has 0 spiro atoms. The van der Waals surface area contributed by atoms with Crippen molar-refractivity contribution >= 4 is 17.7 Å². The average Bonchev–Trinajstić information content (AvgIpc) is 2.25. The monoisotopic (exact) mass is 237 g/mol.